The van der Waals surface area contributed by atoms with Crippen LogP contribution in [0.25, 0.3) is 0 Å². The normalized spacial score (nSPS) is 12.7. The van der Waals surface area contributed by atoms with Gasteiger partial charge in [-0.2, -0.15) is 0 Å². The predicted molar refractivity (Wildman–Crippen MR) is 89.0 cm³/mol. The second-order valence-corrected chi connectivity index (χ2v) is 6.06. The van der Waals surface area contributed by atoms with Crippen molar-refractivity contribution in [3.8, 4) is 0 Å². The maximum Gasteiger partial charge on any atom is 0.106 e. The topological polar surface area (TPSA) is 25.2 Å². The van der Waals surface area contributed by atoms with E-state index >= 15 is 0 Å². The molecule has 1 N–H and O–H groups in total. The molecule has 114 valence electrons. The zero-order valence-electron chi connectivity index (χ0n) is 14.1. The Labute approximate surface area is 128 Å². The van der Waals surface area contributed by atoms with Gasteiger partial charge in [0.1, 0.15) is 11.5 Å². The van der Waals surface area contributed by atoms with Crippen LogP contribution >= 0.6 is 0 Å². The highest BCUT2D eigenvalue weighted by molar-refractivity contribution is 5.42. The summed E-state index contributed by atoms with van der Waals surface area (Å²) in [6.45, 7) is 13.8. The minimum Gasteiger partial charge on any atom is -0.466 e. The number of furan rings is 1. The van der Waals surface area contributed by atoms with Crippen molar-refractivity contribution in [2.45, 2.75) is 54.0 Å². The van der Waals surface area contributed by atoms with Crippen molar-refractivity contribution in [2.75, 3.05) is 6.54 Å². The Morgan fingerprint density at radius 3 is 2.05 bits per heavy atom. The lowest BCUT2D eigenvalue weighted by Gasteiger charge is -2.21. The van der Waals surface area contributed by atoms with Gasteiger partial charge in [0.15, 0.2) is 0 Å². The fourth-order valence-electron chi connectivity index (χ4n) is 3.09. The first-order valence-electron chi connectivity index (χ1n) is 7.82. The lowest BCUT2D eigenvalue weighted by atomic mass is 9.93. The molecule has 1 heterocycles. The van der Waals surface area contributed by atoms with E-state index in [1.165, 1.54) is 27.8 Å². The highest BCUT2D eigenvalue weighted by atomic mass is 16.3. The van der Waals surface area contributed by atoms with Crippen LogP contribution in [-0.2, 0) is 0 Å². The Morgan fingerprint density at radius 1 is 0.952 bits per heavy atom. The maximum atomic E-state index is 5.85. The van der Waals surface area contributed by atoms with E-state index in [0.717, 1.165) is 24.5 Å². The SMILES string of the molecule is CCCNC(c1cc(C)cc(C)c1)c1c(C)oc(C)c1C. The van der Waals surface area contributed by atoms with Crippen LogP contribution < -0.4 is 5.32 Å². The first-order valence-corrected chi connectivity index (χ1v) is 7.82. The summed E-state index contributed by atoms with van der Waals surface area (Å²) in [6.07, 6.45) is 1.12. The van der Waals surface area contributed by atoms with Gasteiger partial charge in [-0.15, -0.1) is 0 Å². The molecule has 0 aliphatic rings. The molecule has 0 aliphatic heterocycles. The Bertz CT molecular complexity index is 604. The first kappa shape index (κ1) is 15.8. The van der Waals surface area contributed by atoms with Crippen LogP contribution in [0.4, 0.5) is 0 Å². The number of benzene rings is 1. The summed E-state index contributed by atoms with van der Waals surface area (Å²) in [7, 11) is 0. The van der Waals surface area contributed by atoms with Gasteiger partial charge in [-0.3, -0.25) is 0 Å². The molecule has 2 aromatic rings. The number of rotatable bonds is 5. The van der Waals surface area contributed by atoms with Crippen LogP contribution in [0.15, 0.2) is 22.6 Å². The second-order valence-electron chi connectivity index (χ2n) is 6.06. The molecule has 0 aliphatic carbocycles. The van der Waals surface area contributed by atoms with Crippen LogP contribution in [-0.4, -0.2) is 6.54 Å². The van der Waals surface area contributed by atoms with Gasteiger partial charge < -0.3 is 9.73 Å². The fourth-order valence-corrected chi connectivity index (χ4v) is 3.09. The van der Waals surface area contributed by atoms with E-state index < -0.39 is 0 Å². The summed E-state index contributed by atoms with van der Waals surface area (Å²) < 4.78 is 5.85. The number of hydrogen-bond acceptors (Lipinski definition) is 2. The van der Waals surface area contributed by atoms with Gasteiger partial charge in [0, 0.05) is 5.56 Å². The van der Waals surface area contributed by atoms with Crippen LogP contribution in [0.1, 0.15) is 58.7 Å². The largest absolute Gasteiger partial charge is 0.466 e. The van der Waals surface area contributed by atoms with E-state index in [-0.39, 0.29) is 6.04 Å². The summed E-state index contributed by atoms with van der Waals surface area (Å²) >= 11 is 0. The molecule has 1 unspecified atom stereocenters. The summed E-state index contributed by atoms with van der Waals surface area (Å²) in [6, 6.07) is 6.99. The van der Waals surface area contributed by atoms with Crippen molar-refractivity contribution in [3.63, 3.8) is 0 Å². The molecule has 1 aromatic heterocycles. The lowest BCUT2D eigenvalue weighted by Crippen LogP contribution is -2.24. The Kier molecular flexibility index (Phi) is 4.89. The monoisotopic (exact) mass is 285 g/mol. The number of aryl methyl sites for hydroxylation is 4. The van der Waals surface area contributed by atoms with Crippen molar-refractivity contribution < 1.29 is 4.42 Å². The van der Waals surface area contributed by atoms with Gasteiger partial charge in [-0.1, -0.05) is 36.2 Å². The summed E-state index contributed by atoms with van der Waals surface area (Å²) in [5.74, 6) is 2.05. The molecule has 2 nitrogen and oxygen atoms in total. The van der Waals surface area contributed by atoms with E-state index in [1.54, 1.807) is 0 Å². The van der Waals surface area contributed by atoms with E-state index in [0.29, 0.717) is 0 Å². The molecule has 0 spiro atoms. The molecule has 21 heavy (non-hydrogen) atoms. The third-order valence-corrected chi connectivity index (χ3v) is 4.08. The van der Waals surface area contributed by atoms with Crippen molar-refractivity contribution in [1.29, 1.82) is 0 Å². The minimum absolute atomic E-state index is 0.209. The van der Waals surface area contributed by atoms with Gasteiger partial charge in [-0.25, -0.2) is 0 Å². The standard InChI is InChI=1S/C19H27NO/c1-7-8-20-19(17-10-12(2)9-13(3)11-17)18-14(4)15(5)21-16(18)6/h9-11,19-20H,7-8H2,1-6H3. The van der Waals surface area contributed by atoms with Crippen LogP contribution in [0, 0.1) is 34.6 Å². The molecule has 0 saturated carbocycles. The predicted octanol–water partition coefficient (Wildman–Crippen LogP) is 4.91. The molecule has 0 amide bonds. The van der Waals surface area contributed by atoms with Crippen molar-refractivity contribution >= 4 is 0 Å². The van der Waals surface area contributed by atoms with E-state index in [1.807, 2.05) is 6.92 Å². The average Bonchev–Trinajstić information content (AvgIpc) is 2.64. The molecular formula is C19H27NO. The Hall–Kier alpha value is -1.54. The van der Waals surface area contributed by atoms with E-state index in [9.17, 15) is 0 Å². The molecule has 2 rings (SSSR count). The number of nitrogens with one attached hydrogen (secondary N) is 1. The van der Waals surface area contributed by atoms with Crippen LogP contribution in [0.2, 0.25) is 0 Å². The van der Waals surface area contributed by atoms with Crippen molar-refractivity contribution in [1.82, 2.24) is 5.32 Å². The summed E-state index contributed by atoms with van der Waals surface area (Å²) in [5.41, 5.74) is 6.51. The molecule has 1 atom stereocenters. The maximum absolute atomic E-state index is 5.85. The fraction of sp³-hybridized carbons (Fsp3) is 0.474. The molecule has 0 saturated heterocycles. The first-order chi connectivity index (χ1) is 9.93. The zero-order valence-corrected chi connectivity index (χ0v) is 14.1. The Morgan fingerprint density at radius 2 is 1.57 bits per heavy atom. The average molecular weight is 285 g/mol. The van der Waals surface area contributed by atoms with Crippen molar-refractivity contribution in [3.05, 3.63) is 57.5 Å². The third kappa shape index (κ3) is 3.38. The van der Waals surface area contributed by atoms with Crippen LogP contribution in [0.3, 0.4) is 0 Å². The molecular weight excluding hydrogens is 258 g/mol. The van der Waals surface area contributed by atoms with E-state index in [4.69, 9.17) is 4.42 Å². The molecule has 1 aromatic carbocycles. The smallest absolute Gasteiger partial charge is 0.106 e. The zero-order chi connectivity index (χ0) is 15.6. The highest BCUT2D eigenvalue weighted by Crippen LogP contribution is 2.32. The summed E-state index contributed by atoms with van der Waals surface area (Å²) in [5, 5.41) is 3.69. The number of hydrogen-bond donors (Lipinski definition) is 1. The Balaban J connectivity index is 2.52. The lowest BCUT2D eigenvalue weighted by molar-refractivity contribution is 0.493. The summed E-state index contributed by atoms with van der Waals surface area (Å²) in [4.78, 5) is 0. The molecule has 0 bridgehead atoms. The molecule has 0 radical (unpaired) electrons. The molecule has 2 heteroatoms. The molecule has 0 fully saturated rings. The quantitative estimate of drug-likeness (QED) is 0.844. The van der Waals surface area contributed by atoms with Gasteiger partial charge in [0.2, 0.25) is 0 Å². The third-order valence-electron chi connectivity index (χ3n) is 4.08. The van der Waals surface area contributed by atoms with Gasteiger partial charge in [-0.05, 0) is 58.7 Å². The second kappa shape index (κ2) is 6.48. The van der Waals surface area contributed by atoms with Gasteiger partial charge in [0.25, 0.3) is 0 Å². The highest BCUT2D eigenvalue weighted by Gasteiger charge is 2.22. The van der Waals surface area contributed by atoms with E-state index in [2.05, 4.69) is 58.1 Å². The minimum atomic E-state index is 0.209. The van der Waals surface area contributed by atoms with Crippen LogP contribution in [0.5, 0.6) is 0 Å². The van der Waals surface area contributed by atoms with Gasteiger partial charge in [0.05, 0.1) is 6.04 Å². The van der Waals surface area contributed by atoms with Crippen molar-refractivity contribution in [2.24, 2.45) is 0 Å². The van der Waals surface area contributed by atoms with Gasteiger partial charge >= 0.3 is 0 Å².